The Balaban J connectivity index is 1.74. The van der Waals surface area contributed by atoms with Gasteiger partial charge in [0.05, 0.1) is 5.56 Å². The highest BCUT2D eigenvalue weighted by atomic mass is 16.2. The average molecular weight is 273 g/mol. The number of rotatable bonds is 1. The zero-order valence-electron chi connectivity index (χ0n) is 12.2. The lowest BCUT2D eigenvalue weighted by molar-refractivity contribution is 0.0433. The number of aryl methyl sites for hydroxylation is 1. The Morgan fingerprint density at radius 1 is 1.35 bits per heavy atom. The van der Waals surface area contributed by atoms with Gasteiger partial charge >= 0.3 is 0 Å². The zero-order chi connectivity index (χ0) is 14.0. The molecule has 1 amide bonds. The standard InChI is InChI=1S/C16H23N3O/c1-13-8-14(10-18-9-13)15(20)19-7-3-5-16(12-19)4-2-6-17-11-16/h8-10,17H,2-7,11-12H2,1H3. The molecule has 2 aliphatic heterocycles. The molecule has 1 aromatic rings. The molecule has 4 nitrogen and oxygen atoms in total. The van der Waals surface area contributed by atoms with Gasteiger partial charge in [-0.25, -0.2) is 0 Å². The van der Waals surface area contributed by atoms with Crippen LogP contribution in [0.1, 0.15) is 41.6 Å². The number of likely N-dealkylation sites (tertiary alicyclic amines) is 1. The van der Waals surface area contributed by atoms with Gasteiger partial charge in [0.25, 0.3) is 5.91 Å². The van der Waals surface area contributed by atoms with Gasteiger partial charge in [-0.05, 0) is 50.8 Å². The van der Waals surface area contributed by atoms with Crippen molar-refractivity contribution in [2.45, 2.75) is 32.6 Å². The first-order chi connectivity index (χ1) is 9.69. The third kappa shape index (κ3) is 2.70. The SMILES string of the molecule is Cc1cncc(C(=O)N2CCCC3(CCCNC3)C2)c1. The summed E-state index contributed by atoms with van der Waals surface area (Å²) >= 11 is 0. The predicted molar refractivity (Wildman–Crippen MR) is 78.6 cm³/mol. The third-order valence-electron chi connectivity index (χ3n) is 4.63. The fourth-order valence-electron chi connectivity index (χ4n) is 3.61. The number of hydrogen-bond donors (Lipinski definition) is 1. The van der Waals surface area contributed by atoms with E-state index in [4.69, 9.17) is 0 Å². The minimum Gasteiger partial charge on any atom is -0.338 e. The fraction of sp³-hybridized carbons (Fsp3) is 0.625. The van der Waals surface area contributed by atoms with E-state index in [0.29, 0.717) is 5.41 Å². The summed E-state index contributed by atoms with van der Waals surface area (Å²) in [7, 11) is 0. The van der Waals surface area contributed by atoms with Crippen LogP contribution in [0.4, 0.5) is 0 Å². The summed E-state index contributed by atoms with van der Waals surface area (Å²) in [4.78, 5) is 18.8. The summed E-state index contributed by atoms with van der Waals surface area (Å²) in [6.45, 7) is 5.94. The Kier molecular flexibility index (Phi) is 3.74. The van der Waals surface area contributed by atoms with E-state index in [0.717, 1.165) is 43.7 Å². The van der Waals surface area contributed by atoms with Crippen molar-refractivity contribution in [1.29, 1.82) is 0 Å². The van der Waals surface area contributed by atoms with Crippen LogP contribution in [0.3, 0.4) is 0 Å². The number of aromatic nitrogens is 1. The molecule has 2 aliphatic rings. The van der Waals surface area contributed by atoms with Crippen LogP contribution in [0.15, 0.2) is 18.5 Å². The molecule has 1 unspecified atom stereocenters. The molecule has 1 aromatic heterocycles. The topological polar surface area (TPSA) is 45.2 Å². The number of nitrogens with zero attached hydrogens (tertiary/aromatic N) is 2. The average Bonchev–Trinajstić information content (AvgIpc) is 2.47. The van der Waals surface area contributed by atoms with Crippen molar-refractivity contribution in [2.24, 2.45) is 5.41 Å². The largest absolute Gasteiger partial charge is 0.338 e. The van der Waals surface area contributed by atoms with Crippen LogP contribution < -0.4 is 5.32 Å². The molecule has 0 aromatic carbocycles. The summed E-state index contributed by atoms with van der Waals surface area (Å²) in [6.07, 6.45) is 8.32. The quantitative estimate of drug-likeness (QED) is 0.851. The number of pyridine rings is 1. The van der Waals surface area contributed by atoms with E-state index < -0.39 is 0 Å². The van der Waals surface area contributed by atoms with Crippen molar-refractivity contribution >= 4 is 5.91 Å². The summed E-state index contributed by atoms with van der Waals surface area (Å²) in [5.41, 5.74) is 2.08. The number of nitrogens with one attached hydrogen (secondary N) is 1. The Hall–Kier alpha value is -1.42. The molecule has 1 spiro atoms. The van der Waals surface area contributed by atoms with Crippen LogP contribution in [0.25, 0.3) is 0 Å². The van der Waals surface area contributed by atoms with Gasteiger partial charge in [-0.1, -0.05) is 0 Å². The van der Waals surface area contributed by atoms with Gasteiger partial charge in [-0.2, -0.15) is 0 Å². The molecule has 0 saturated carbocycles. The van der Waals surface area contributed by atoms with E-state index >= 15 is 0 Å². The molecule has 0 bridgehead atoms. The van der Waals surface area contributed by atoms with Crippen LogP contribution in [0.5, 0.6) is 0 Å². The van der Waals surface area contributed by atoms with E-state index in [1.54, 1.807) is 12.4 Å². The second kappa shape index (κ2) is 5.52. The van der Waals surface area contributed by atoms with Crippen molar-refractivity contribution in [3.8, 4) is 0 Å². The minimum atomic E-state index is 0.144. The van der Waals surface area contributed by atoms with E-state index in [9.17, 15) is 4.79 Å². The van der Waals surface area contributed by atoms with E-state index in [2.05, 4.69) is 10.3 Å². The lowest BCUT2D eigenvalue weighted by Gasteiger charge is -2.45. The lowest BCUT2D eigenvalue weighted by atomic mass is 9.74. The van der Waals surface area contributed by atoms with Crippen molar-refractivity contribution in [1.82, 2.24) is 15.2 Å². The summed E-state index contributed by atoms with van der Waals surface area (Å²) in [6, 6.07) is 1.94. The molecule has 2 fully saturated rings. The first-order valence-corrected chi connectivity index (χ1v) is 7.60. The maximum absolute atomic E-state index is 12.6. The minimum absolute atomic E-state index is 0.144. The van der Waals surface area contributed by atoms with Crippen LogP contribution in [0.2, 0.25) is 0 Å². The van der Waals surface area contributed by atoms with Gasteiger partial charge in [-0.3, -0.25) is 9.78 Å². The molecule has 108 valence electrons. The van der Waals surface area contributed by atoms with Gasteiger partial charge in [0.2, 0.25) is 0 Å². The Labute approximate surface area is 120 Å². The lowest BCUT2D eigenvalue weighted by Crippen LogP contribution is -2.52. The molecular weight excluding hydrogens is 250 g/mol. The number of amides is 1. The molecule has 1 N–H and O–H groups in total. The molecule has 3 heterocycles. The van der Waals surface area contributed by atoms with Crippen LogP contribution in [-0.2, 0) is 0 Å². The molecule has 3 rings (SSSR count). The molecular formula is C16H23N3O. The van der Waals surface area contributed by atoms with Crippen LogP contribution in [0, 0.1) is 12.3 Å². The number of carbonyl (C=O) groups is 1. The van der Waals surface area contributed by atoms with Gasteiger partial charge in [0.15, 0.2) is 0 Å². The van der Waals surface area contributed by atoms with Crippen molar-refractivity contribution in [3.63, 3.8) is 0 Å². The zero-order valence-corrected chi connectivity index (χ0v) is 12.2. The molecule has 0 radical (unpaired) electrons. The van der Waals surface area contributed by atoms with Gasteiger partial charge in [0.1, 0.15) is 0 Å². The maximum atomic E-state index is 12.6. The Morgan fingerprint density at radius 2 is 2.20 bits per heavy atom. The highest BCUT2D eigenvalue weighted by Crippen LogP contribution is 2.36. The second-order valence-electron chi connectivity index (χ2n) is 6.36. The number of carbonyl (C=O) groups excluding carboxylic acids is 1. The van der Waals surface area contributed by atoms with E-state index in [1.165, 1.54) is 19.3 Å². The highest BCUT2D eigenvalue weighted by molar-refractivity contribution is 5.94. The van der Waals surface area contributed by atoms with Crippen LogP contribution >= 0.6 is 0 Å². The van der Waals surface area contributed by atoms with Gasteiger partial charge in [0, 0.05) is 37.4 Å². The fourth-order valence-corrected chi connectivity index (χ4v) is 3.61. The molecule has 20 heavy (non-hydrogen) atoms. The summed E-state index contributed by atoms with van der Waals surface area (Å²) in [5, 5.41) is 3.50. The van der Waals surface area contributed by atoms with Crippen molar-refractivity contribution in [3.05, 3.63) is 29.6 Å². The first-order valence-electron chi connectivity index (χ1n) is 7.60. The Bertz CT molecular complexity index is 489. The molecule has 0 aliphatic carbocycles. The Morgan fingerprint density at radius 3 is 2.95 bits per heavy atom. The number of hydrogen-bond acceptors (Lipinski definition) is 3. The monoisotopic (exact) mass is 273 g/mol. The van der Waals surface area contributed by atoms with Gasteiger partial charge < -0.3 is 10.2 Å². The van der Waals surface area contributed by atoms with Crippen molar-refractivity contribution in [2.75, 3.05) is 26.2 Å². The maximum Gasteiger partial charge on any atom is 0.255 e. The van der Waals surface area contributed by atoms with E-state index in [-0.39, 0.29) is 5.91 Å². The van der Waals surface area contributed by atoms with E-state index in [1.807, 2.05) is 17.9 Å². The normalized spacial score (nSPS) is 26.8. The molecule has 1 atom stereocenters. The van der Waals surface area contributed by atoms with Crippen LogP contribution in [-0.4, -0.2) is 42.0 Å². The predicted octanol–water partition coefficient (Wildman–Crippen LogP) is 2.00. The highest BCUT2D eigenvalue weighted by Gasteiger charge is 2.38. The second-order valence-corrected chi connectivity index (χ2v) is 6.36. The molecule has 2 saturated heterocycles. The third-order valence-corrected chi connectivity index (χ3v) is 4.63. The smallest absolute Gasteiger partial charge is 0.255 e. The van der Waals surface area contributed by atoms with Crippen molar-refractivity contribution < 1.29 is 4.79 Å². The number of piperidine rings is 2. The van der Waals surface area contributed by atoms with Gasteiger partial charge in [-0.15, -0.1) is 0 Å². The summed E-state index contributed by atoms with van der Waals surface area (Å²) in [5.74, 6) is 0.144. The molecule has 4 heteroatoms. The first kappa shape index (κ1) is 13.6. The summed E-state index contributed by atoms with van der Waals surface area (Å²) < 4.78 is 0.